The number of phenols is 1. The molecule has 0 unspecified atom stereocenters. The van der Waals surface area contributed by atoms with E-state index >= 15 is 0 Å². The molecule has 32 heavy (non-hydrogen) atoms. The second-order valence-electron chi connectivity index (χ2n) is 8.23. The van der Waals surface area contributed by atoms with Crippen molar-refractivity contribution in [2.24, 2.45) is 5.92 Å². The Morgan fingerprint density at radius 1 is 1.06 bits per heavy atom. The molecule has 0 radical (unpaired) electrons. The third-order valence-corrected chi connectivity index (χ3v) is 6.03. The maximum absolute atomic E-state index is 12.4. The van der Waals surface area contributed by atoms with Crippen molar-refractivity contribution in [2.45, 2.75) is 38.8 Å². The Labute approximate surface area is 190 Å². The van der Waals surface area contributed by atoms with E-state index < -0.39 is 0 Å². The van der Waals surface area contributed by atoms with Crippen molar-refractivity contribution in [3.63, 3.8) is 0 Å². The zero-order valence-electron chi connectivity index (χ0n) is 19.2. The lowest BCUT2D eigenvalue weighted by atomic mass is 9.93. The van der Waals surface area contributed by atoms with Gasteiger partial charge in [0, 0.05) is 43.2 Å². The van der Waals surface area contributed by atoms with E-state index in [4.69, 9.17) is 14.2 Å². The van der Waals surface area contributed by atoms with Crippen molar-refractivity contribution < 1.29 is 24.1 Å². The van der Waals surface area contributed by atoms with Crippen molar-refractivity contribution in [3.05, 3.63) is 47.5 Å². The van der Waals surface area contributed by atoms with Crippen molar-refractivity contribution in [1.29, 1.82) is 0 Å². The molecule has 1 heterocycles. The Bertz CT molecular complexity index is 902. The first-order valence-corrected chi connectivity index (χ1v) is 11.1. The smallest absolute Gasteiger partial charge is 0.220 e. The molecule has 2 aromatic rings. The number of amides is 1. The number of hydrogen-bond donors (Lipinski definition) is 2. The normalized spacial score (nSPS) is 16.4. The third kappa shape index (κ3) is 6.53. The van der Waals surface area contributed by atoms with E-state index in [-0.39, 0.29) is 5.91 Å². The Kier molecular flexibility index (Phi) is 8.62. The first-order valence-electron chi connectivity index (χ1n) is 11.1. The average Bonchev–Trinajstić information content (AvgIpc) is 2.83. The lowest BCUT2D eigenvalue weighted by Gasteiger charge is -2.33. The van der Waals surface area contributed by atoms with Crippen molar-refractivity contribution in [2.75, 3.05) is 34.4 Å². The van der Waals surface area contributed by atoms with Gasteiger partial charge in [-0.1, -0.05) is 0 Å². The van der Waals surface area contributed by atoms with E-state index in [1.54, 1.807) is 33.5 Å². The van der Waals surface area contributed by atoms with Gasteiger partial charge in [-0.15, -0.1) is 0 Å². The van der Waals surface area contributed by atoms with Gasteiger partial charge in [0.15, 0.2) is 0 Å². The largest absolute Gasteiger partial charge is 0.508 e. The minimum Gasteiger partial charge on any atom is -0.508 e. The van der Waals surface area contributed by atoms with Gasteiger partial charge < -0.3 is 24.6 Å². The summed E-state index contributed by atoms with van der Waals surface area (Å²) in [6.45, 7) is 3.04. The minimum absolute atomic E-state index is 0.0467. The molecule has 1 aliphatic heterocycles. The molecule has 0 saturated carbocycles. The van der Waals surface area contributed by atoms with E-state index in [9.17, 15) is 9.90 Å². The highest BCUT2D eigenvalue weighted by atomic mass is 16.5. The molecule has 174 valence electrons. The molecule has 1 amide bonds. The molecule has 1 atom stereocenters. The van der Waals surface area contributed by atoms with Crippen LogP contribution in [0.4, 0.5) is 0 Å². The molecule has 0 aliphatic carbocycles. The molecule has 2 N–H and O–H groups in total. The predicted molar refractivity (Wildman–Crippen MR) is 123 cm³/mol. The number of benzene rings is 2. The fourth-order valence-electron chi connectivity index (χ4n) is 4.20. The number of hydrogen-bond acceptors (Lipinski definition) is 6. The van der Waals surface area contributed by atoms with Gasteiger partial charge in [0.25, 0.3) is 0 Å². The van der Waals surface area contributed by atoms with Crippen LogP contribution in [0, 0.1) is 5.92 Å². The number of carbonyl (C=O) groups excluding carboxylic acids is 1. The number of nitrogens with zero attached hydrogens (tertiary/aromatic N) is 1. The zero-order valence-corrected chi connectivity index (χ0v) is 19.2. The van der Waals surface area contributed by atoms with Gasteiger partial charge in [-0.3, -0.25) is 9.69 Å². The summed E-state index contributed by atoms with van der Waals surface area (Å²) in [5, 5.41) is 13.2. The number of likely N-dealkylation sites (tertiary alicyclic amines) is 1. The van der Waals surface area contributed by atoms with E-state index in [1.807, 2.05) is 24.3 Å². The monoisotopic (exact) mass is 442 g/mol. The molecule has 3 rings (SSSR count). The molecule has 7 heteroatoms. The van der Waals surface area contributed by atoms with Gasteiger partial charge in [-0.2, -0.15) is 0 Å². The average molecular weight is 443 g/mol. The molecular formula is C25H34N2O5. The number of phenolic OH excluding ortho intramolecular Hbond substituents is 1. The van der Waals surface area contributed by atoms with Crippen LogP contribution in [0.3, 0.4) is 0 Å². The Morgan fingerprint density at radius 2 is 1.81 bits per heavy atom. The highest BCUT2D eigenvalue weighted by Crippen LogP contribution is 2.28. The summed E-state index contributed by atoms with van der Waals surface area (Å²) in [5.41, 5.74) is 1.79. The molecule has 0 aromatic heterocycles. The number of methoxy groups -OCH3 is 3. The predicted octanol–water partition coefficient (Wildman–Crippen LogP) is 3.73. The molecule has 0 bridgehead atoms. The summed E-state index contributed by atoms with van der Waals surface area (Å²) in [7, 11) is 4.85. The fraction of sp³-hybridized carbons (Fsp3) is 0.480. The highest BCUT2D eigenvalue weighted by Gasteiger charge is 2.21. The summed E-state index contributed by atoms with van der Waals surface area (Å²) in [4.78, 5) is 14.8. The van der Waals surface area contributed by atoms with Crippen LogP contribution in [-0.2, 0) is 17.9 Å². The van der Waals surface area contributed by atoms with Crippen LogP contribution in [0.1, 0.15) is 36.8 Å². The topological polar surface area (TPSA) is 80.3 Å². The lowest BCUT2D eigenvalue weighted by Crippen LogP contribution is -2.35. The first-order chi connectivity index (χ1) is 15.5. The summed E-state index contributed by atoms with van der Waals surface area (Å²) in [5.74, 6) is 2.98. The standard InChI is InChI=1S/C25H34N2O5/c1-30-21-9-10-23(28)20(13-21)17-27-12-4-5-18(16-27)6-11-25(29)26-15-19-7-8-22(31-2)14-24(19)32-3/h7-10,13-14,18,28H,4-6,11-12,15-17H2,1-3H3,(H,26,29)/t18-/m0/s1. The number of rotatable bonds is 10. The number of ether oxygens (including phenoxy) is 3. The Hall–Kier alpha value is -2.93. The number of carbonyl (C=O) groups is 1. The van der Waals surface area contributed by atoms with Gasteiger partial charge in [0.05, 0.1) is 21.3 Å². The molecule has 1 saturated heterocycles. The SMILES string of the molecule is COc1ccc(O)c(CN2CCC[C@@H](CCC(=O)NCc3ccc(OC)cc3OC)C2)c1. The molecule has 1 fully saturated rings. The van der Waals surface area contributed by atoms with Gasteiger partial charge in [-0.25, -0.2) is 0 Å². The molecule has 2 aromatic carbocycles. The van der Waals surface area contributed by atoms with E-state index in [0.29, 0.717) is 36.9 Å². The summed E-state index contributed by atoms with van der Waals surface area (Å²) < 4.78 is 15.9. The van der Waals surface area contributed by atoms with Crippen molar-refractivity contribution in [3.8, 4) is 23.0 Å². The van der Waals surface area contributed by atoms with Gasteiger partial charge >= 0.3 is 0 Å². The van der Waals surface area contributed by atoms with Crippen LogP contribution < -0.4 is 19.5 Å². The third-order valence-electron chi connectivity index (χ3n) is 6.03. The maximum atomic E-state index is 12.4. The summed E-state index contributed by atoms with van der Waals surface area (Å²) in [6.07, 6.45) is 3.58. The molecule has 7 nitrogen and oxygen atoms in total. The zero-order chi connectivity index (χ0) is 22.9. The summed E-state index contributed by atoms with van der Waals surface area (Å²) >= 11 is 0. The van der Waals surface area contributed by atoms with Crippen LogP contribution in [0.25, 0.3) is 0 Å². The Balaban J connectivity index is 1.46. The van der Waals surface area contributed by atoms with E-state index in [2.05, 4.69) is 10.2 Å². The lowest BCUT2D eigenvalue weighted by molar-refractivity contribution is -0.121. The second-order valence-corrected chi connectivity index (χ2v) is 8.23. The van der Waals surface area contributed by atoms with E-state index in [0.717, 1.165) is 55.0 Å². The van der Waals surface area contributed by atoms with Crippen LogP contribution in [0.2, 0.25) is 0 Å². The highest BCUT2D eigenvalue weighted by molar-refractivity contribution is 5.75. The van der Waals surface area contributed by atoms with Crippen molar-refractivity contribution in [1.82, 2.24) is 10.2 Å². The first kappa shape index (κ1) is 23.7. The van der Waals surface area contributed by atoms with Crippen LogP contribution in [0.5, 0.6) is 23.0 Å². The van der Waals surface area contributed by atoms with Gasteiger partial charge in [-0.05, 0) is 62.1 Å². The van der Waals surface area contributed by atoms with Crippen LogP contribution >= 0.6 is 0 Å². The molecule has 1 aliphatic rings. The van der Waals surface area contributed by atoms with Gasteiger partial charge in [0.1, 0.15) is 23.0 Å². The Morgan fingerprint density at radius 3 is 2.56 bits per heavy atom. The second kappa shape index (κ2) is 11.6. The van der Waals surface area contributed by atoms with Crippen LogP contribution in [-0.4, -0.2) is 50.3 Å². The number of aromatic hydroxyl groups is 1. The van der Waals surface area contributed by atoms with Gasteiger partial charge in [0.2, 0.25) is 5.91 Å². The minimum atomic E-state index is 0.0467. The quantitative estimate of drug-likeness (QED) is 0.584. The summed E-state index contributed by atoms with van der Waals surface area (Å²) in [6, 6.07) is 10.9. The van der Waals surface area contributed by atoms with E-state index in [1.165, 1.54) is 0 Å². The maximum Gasteiger partial charge on any atom is 0.220 e. The number of nitrogens with one attached hydrogen (secondary N) is 1. The van der Waals surface area contributed by atoms with Crippen molar-refractivity contribution >= 4 is 5.91 Å². The molecular weight excluding hydrogens is 408 g/mol. The number of piperidine rings is 1. The fourth-order valence-corrected chi connectivity index (χ4v) is 4.20. The molecule has 0 spiro atoms. The van der Waals surface area contributed by atoms with Crippen LogP contribution in [0.15, 0.2) is 36.4 Å².